The van der Waals surface area contributed by atoms with Gasteiger partial charge >= 0.3 is 0 Å². The summed E-state index contributed by atoms with van der Waals surface area (Å²) in [6, 6.07) is 4.59. The normalized spacial score (nSPS) is 19.5. The summed E-state index contributed by atoms with van der Waals surface area (Å²) in [5, 5.41) is 0. The standard InChI is InChI=1S/C25H27F3O4/c1-3-5-18-8-6-15(13-30-18)14-31-19-9-7-16-11-17-12-20(29-10-4-2)21(26)23(28)25(17)32-24(16)22(19)27/h4,7,9,12,15,18H,2-3,5-6,8,10-11,13-14H2,1H3. The maximum atomic E-state index is 15.1. The second-order valence-corrected chi connectivity index (χ2v) is 8.23. The van der Waals surface area contributed by atoms with Crippen LogP contribution >= 0.6 is 0 Å². The van der Waals surface area contributed by atoms with Gasteiger partial charge in [-0.15, -0.1) is 0 Å². The average Bonchev–Trinajstić information content (AvgIpc) is 2.80. The summed E-state index contributed by atoms with van der Waals surface area (Å²) < 4.78 is 66.3. The number of hydrogen-bond donors (Lipinski definition) is 0. The van der Waals surface area contributed by atoms with E-state index in [1.165, 1.54) is 12.1 Å². The molecule has 0 spiro atoms. The maximum absolute atomic E-state index is 15.1. The van der Waals surface area contributed by atoms with Crippen LogP contribution in [0.1, 0.15) is 43.7 Å². The van der Waals surface area contributed by atoms with Gasteiger partial charge in [0.1, 0.15) is 6.61 Å². The monoisotopic (exact) mass is 448 g/mol. The molecule has 0 radical (unpaired) electrons. The van der Waals surface area contributed by atoms with E-state index in [9.17, 15) is 8.78 Å². The number of benzene rings is 2. The van der Waals surface area contributed by atoms with Crippen LogP contribution in [-0.4, -0.2) is 25.9 Å². The Kier molecular flexibility index (Phi) is 6.94. The second kappa shape index (κ2) is 9.86. The molecule has 0 saturated carbocycles. The lowest BCUT2D eigenvalue weighted by atomic mass is 9.97. The van der Waals surface area contributed by atoms with Crippen molar-refractivity contribution in [3.8, 4) is 23.0 Å². The lowest BCUT2D eigenvalue weighted by Crippen LogP contribution is -2.29. The first-order chi connectivity index (χ1) is 15.5. The predicted molar refractivity (Wildman–Crippen MR) is 114 cm³/mol. The Morgan fingerprint density at radius 2 is 1.84 bits per heavy atom. The first-order valence-corrected chi connectivity index (χ1v) is 11.0. The molecule has 2 aliphatic rings. The van der Waals surface area contributed by atoms with Gasteiger partial charge in [0.25, 0.3) is 0 Å². The smallest absolute Gasteiger partial charge is 0.207 e. The van der Waals surface area contributed by atoms with E-state index in [-0.39, 0.29) is 41.9 Å². The van der Waals surface area contributed by atoms with Crippen LogP contribution in [-0.2, 0) is 11.2 Å². The first-order valence-electron chi connectivity index (χ1n) is 11.0. The molecule has 2 heterocycles. The van der Waals surface area contributed by atoms with Crippen molar-refractivity contribution in [2.24, 2.45) is 5.92 Å². The molecule has 1 saturated heterocycles. The second-order valence-electron chi connectivity index (χ2n) is 8.23. The third-order valence-electron chi connectivity index (χ3n) is 5.84. The van der Waals surface area contributed by atoms with Crippen LogP contribution < -0.4 is 14.2 Å². The summed E-state index contributed by atoms with van der Waals surface area (Å²) in [7, 11) is 0. The van der Waals surface area contributed by atoms with Crippen molar-refractivity contribution < 1.29 is 32.1 Å². The van der Waals surface area contributed by atoms with Crippen LogP contribution in [0.4, 0.5) is 13.2 Å². The number of fused-ring (bicyclic) bond motifs is 2. The predicted octanol–water partition coefficient (Wildman–Crippen LogP) is 6.34. The number of hydrogen-bond acceptors (Lipinski definition) is 4. The molecule has 0 amide bonds. The van der Waals surface area contributed by atoms with Gasteiger partial charge in [0.15, 0.2) is 23.0 Å². The van der Waals surface area contributed by atoms with Gasteiger partial charge in [-0.25, -0.2) is 0 Å². The van der Waals surface area contributed by atoms with Gasteiger partial charge in [0.2, 0.25) is 17.5 Å². The van der Waals surface area contributed by atoms with E-state index in [4.69, 9.17) is 18.9 Å². The third kappa shape index (κ3) is 4.58. The van der Waals surface area contributed by atoms with E-state index in [1.54, 1.807) is 12.1 Å². The van der Waals surface area contributed by atoms with Gasteiger partial charge in [-0.3, -0.25) is 0 Å². The van der Waals surface area contributed by atoms with Crippen molar-refractivity contribution in [2.75, 3.05) is 19.8 Å². The highest BCUT2D eigenvalue weighted by atomic mass is 19.2. The molecule has 2 atom stereocenters. The molecule has 32 heavy (non-hydrogen) atoms. The van der Waals surface area contributed by atoms with Crippen LogP contribution in [0.5, 0.6) is 23.0 Å². The fourth-order valence-corrected chi connectivity index (χ4v) is 4.13. The van der Waals surface area contributed by atoms with E-state index in [2.05, 4.69) is 13.5 Å². The minimum absolute atomic E-state index is 0.0229. The SMILES string of the molecule is C=CCOc1cc2c(c(F)c1F)Oc1c(ccc(OCC3CCC(CCC)OC3)c1F)C2. The van der Waals surface area contributed by atoms with Crippen molar-refractivity contribution in [1.82, 2.24) is 0 Å². The number of halogens is 3. The molecular formula is C25H27F3O4. The van der Waals surface area contributed by atoms with Crippen LogP contribution in [0.3, 0.4) is 0 Å². The lowest BCUT2D eigenvalue weighted by Gasteiger charge is -2.29. The van der Waals surface area contributed by atoms with Crippen LogP contribution in [0, 0.1) is 23.4 Å². The summed E-state index contributed by atoms with van der Waals surface area (Å²) >= 11 is 0. The quantitative estimate of drug-likeness (QED) is 0.377. The minimum Gasteiger partial charge on any atom is -0.490 e. The molecular weight excluding hydrogens is 421 g/mol. The number of ether oxygens (including phenoxy) is 4. The van der Waals surface area contributed by atoms with Gasteiger partial charge in [-0.2, -0.15) is 13.2 Å². The largest absolute Gasteiger partial charge is 0.490 e. The fourth-order valence-electron chi connectivity index (χ4n) is 4.13. The molecule has 4 rings (SSSR count). The van der Waals surface area contributed by atoms with Crippen molar-refractivity contribution in [2.45, 2.75) is 45.1 Å². The van der Waals surface area contributed by atoms with Gasteiger partial charge in [0.05, 0.1) is 19.3 Å². The van der Waals surface area contributed by atoms with Crippen LogP contribution in [0.2, 0.25) is 0 Å². The summed E-state index contributed by atoms with van der Waals surface area (Å²) in [6.45, 7) is 6.56. The van der Waals surface area contributed by atoms with E-state index in [0.29, 0.717) is 30.4 Å². The maximum Gasteiger partial charge on any atom is 0.207 e. The Morgan fingerprint density at radius 1 is 1.03 bits per heavy atom. The Morgan fingerprint density at radius 3 is 2.56 bits per heavy atom. The van der Waals surface area contributed by atoms with Crippen molar-refractivity contribution in [3.05, 3.63) is 59.4 Å². The van der Waals surface area contributed by atoms with Crippen molar-refractivity contribution in [3.63, 3.8) is 0 Å². The molecule has 1 fully saturated rings. The zero-order valence-electron chi connectivity index (χ0n) is 18.1. The zero-order valence-corrected chi connectivity index (χ0v) is 18.1. The van der Waals surface area contributed by atoms with Gasteiger partial charge in [-0.05, 0) is 31.4 Å². The Hall–Kier alpha value is -2.67. The highest BCUT2D eigenvalue weighted by molar-refractivity contribution is 5.55. The Labute approximate surface area is 185 Å². The topological polar surface area (TPSA) is 36.9 Å². The molecule has 2 unspecified atom stereocenters. The van der Waals surface area contributed by atoms with E-state index in [0.717, 1.165) is 25.7 Å². The van der Waals surface area contributed by atoms with Gasteiger partial charge < -0.3 is 18.9 Å². The molecule has 0 aliphatic carbocycles. The molecule has 0 aromatic heterocycles. The summed E-state index contributed by atoms with van der Waals surface area (Å²) in [5.41, 5.74) is 0.899. The van der Waals surface area contributed by atoms with Crippen molar-refractivity contribution >= 4 is 0 Å². The van der Waals surface area contributed by atoms with Crippen molar-refractivity contribution in [1.29, 1.82) is 0 Å². The molecule has 2 aromatic carbocycles. The lowest BCUT2D eigenvalue weighted by molar-refractivity contribution is -0.0310. The van der Waals surface area contributed by atoms with Crippen LogP contribution in [0.15, 0.2) is 30.9 Å². The molecule has 7 heteroatoms. The highest BCUT2D eigenvalue weighted by Crippen LogP contribution is 2.44. The molecule has 2 aromatic rings. The molecule has 0 bridgehead atoms. The first kappa shape index (κ1) is 22.5. The Bertz CT molecular complexity index is 984. The minimum atomic E-state index is -1.21. The molecule has 2 aliphatic heterocycles. The highest BCUT2D eigenvalue weighted by Gasteiger charge is 2.30. The zero-order chi connectivity index (χ0) is 22.7. The van der Waals surface area contributed by atoms with Gasteiger partial charge in [-0.1, -0.05) is 32.1 Å². The summed E-state index contributed by atoms with van der Waals surface area (Å²) in [4.78, 5) is 0. The average molecular weight is 448 g/mol. The van der Waals surface area contributed by atoms with Gasteiger partial charge in [0, 0.05) is 23.5 Å². The van der Waals surface area contributed by atoms with E-state index >= 15 is 4.39 Å². The molecule has 4 nitrogen and oxygen atoms in total. The molecule has 0 N–H and O–H groups in total. The van der Waals surface area contributed by atoms with E-state index < -0.39 is 17.5 Å². The Balaban J connectivity index is 1.47. The fraction of sp³-hybridized carbons (Fsp3) is 0.440. The summed E-state index contributed by atoms with van der Waals surface area (Å²) in [6.07, 6.45) is 5.97. The van der Waals surface area contributed by atoms with Crippen LogP contribution in [0.25, 0.3) is 0 Å². The molecule has 172 valence electrons. The van der Waals surface area contributed by atoms with E-state index in [1.807, 2.05) is 0 Å². The number of rotatable bonds is 8. The third-order valence-corrected chi connectivity index (χ3v) is 5.84. The summed E-state index contributed by atoms with van der Waals surface area (Å²) in [5.74, 6) is -3.62.